The van der Waals surface area contributed by atoms with E-state index in [0.717, 1.165) is 35.6 Å². The molecule has 3 rings (SSSR count). The average molecular weight is 290 g/mol. The smallest absolute Gasteiger partial charge is 0.137 e. The minimum atomic E-state index is 0.269. The van der Waals surface area contributed by atoms with Gasteiger partial charge >= 0.3 is 0 Å². The molecule has 0 atom stereocenters. The molecule has 1 heterocycles. The van der Waals surface area contributed by atoms with Crippen molar-refractivity contribution in [1.29, 1.82) is 0 Å². The highest BCUT2D eigenvalue weighted by atomic mass is 35.5. The van der Waals surface area contributed by atoms with Gasteiger partial charge in [-0.05, 0) is 37.5 Å². The van der Waals surface area contributed by atoms with Crippen molar-refractivity contribution >= 4 is 17.4 Å². The summed E-state index contributed by atoms with van der Waals surface area (Å²) in [4.78, 5) is 8.91. The Morgan fingerprint density at radius 3 is 2.60 bits per heavy atom. The molecule has 1 aromatic carbocycles. The summed E-state index contributed by atoms with van der Waals surface area (Å²) in [6.45, 7) is 2.55. The van der Waals surface area contributed by atoms with E-state index in [1.54, 1.807) is 12.1 Å². The highest BCUT2D eigenvalue weighted by Gasteiger charge is 2.27. The van der Waals surface area contributed by atoms with Crippen molar-refractivity contribution in [2.45, 2.75) is 32.2 Å². The van der Waals surface area contributed by atoms with Crippen molar-refractivity contribution in [3.8, 4) is 5.75 Å². The standard InChI is InChI=1S/C15H16ClN3O/c1-9-13(16)18-15(11-4-5-11)19-14(9)17-8-10-2-6-12(20)7-3-10/h2-3,6-7,11,20H,4-5,8H2,1H3,(H,17,18,19). The molecule has 2 aromatic rings. The lowest BCUT2D eigenvalue weighted by atomic mass is 10.2. The van der Waals surface area contributed by atoms with Crippen molar-refractivity contribution in [1.82, 2.24) is 9.97 Å². The molecule has 1 aliphatic rings. The van der Waals surface area contributed by atoms with Gasteiger partial charge in [0.1, 0.15) is 22.5 Å². The third-order valence-electron chi connectivity index (χ3n) is 3.44. The van der Waals surface area contributed by atoms with Crippen LogP contribution in [0.4, 0.5) is 5.82 Å². The maximum absolute atomic E-state index is 9.27. The quantitative estimate of drug-likeness (QED) is 0.844. The number of rotatable bonds is 4. The van der Waals surface area contributed by atoms with Crippen molar-refractivity contribution in [3.63, 3.8) is 0 Å². The first-order valence-electron chi connectivity index (χ1n) is 6.69. The normalized spacial score (nSPS) is 14.3. The van der Waals surface area contributed by atoms with Gasteiger partial charge < -0.3 is 10.4 Å². The van der Waals surface area contributed by atoms with Crippen LogP contribution in [0, 0.1) is 6.92 Å². The topological polar surface area (TPSA) is 58.0 Å². The Morgan fingerprint density at radius 2 is 1.95 bits per heavy atom. The van der Waals surface area contributed by atoms with Gasteiger partial charge in [-0.15, -0.1) is 0 Å². The Morgan fingerprint density at radius 1 is 1.25 bits per heavy atom. The molecular weight excluding hydrogens is 274 g/mol. The zero-order valence-corrected chi connectivity index (χ0v) is 12.0. The number of nitrogens with zero attached hydrogens (tertiary/aromatic N) is 2. The maximum atomic E-state index is 9.27. The first-order valence-corrected chi connectivity index (χ1v) is 7.07. The molecule has 1 saturated carbocycles. The van der Waals surface area contributed by atoms with E-state index < -0.39 is 0 Å². The summed E-state index contributed by atoms with van der Waals surface area (Å²) >= 11 is 6.17. The van der Waals surface area contributed by atoms with Crippen LogP contribution in [0.25, 0.3) is 0 Å². The highest BCUT2D eigenvalue weighted by molar-refractivity contribution is 6.30. The fraction of sp³-hybridized carbons (Fsp3) is 0.333. The second kappa shape index (κ2) is 5.29. The van der Waals surface area contributed by atoms with E-state index in [-0.39, 0.29) is 5.75 Å². The Balaban J connectivity index is 1.77. The van der Waals surface area contributed by atoms with E-state index in [0.29, 0.717) is 17.6 Å². The molecule has 0 unspecified atom stereocenters. The number of benzene rings is 1. The molecule has 104 valence electrons. The lowest BCUT2D eigenvalue weighted by Gasteiger charge is -2.11. The molecule has 0 saturated heterocycles. The number of nitrogens with one attached hydrogen (secondary N) is 1. The summed E-state index contributed by atoms with van der Waals surface area (Å²) < 4.78 is 0. The summed E-state index contributed by atoms with van der Waals surface area (Å²) in [6.07, 6.45) is 2.30. The van der Waals surface area contributed by atoms with Crippen LogP contribution in [0.1, 0.15) is 35.7 Å². The van der Waals surface area contributed by atoms with Gasteiger partial charge in [0.2, 0.25) is 0 Å². The van der Waals surface area contributed by atoms with Crippen LogP contribution >= 0.6 is 11.6 Å². The molecular formula is C15H16ClN3O. The first kappa shape index (κ1) is 13.2. The molecule has 0 amide bonds. The number of anilines is 1. The third kappa shape index (κ3) is 2.85. The summed E-state index contributed by atoms with van der Waals surface area (Å²) in [5.41, 5.74) is 1.94. The largest absolute Gasteiger partial charge is 0.508 e. The lowest BCUT2D eigenvalue weighted by molar-refractivity contribution is 0.475. The van der Waals surface area contributed by atoms with E-state index in [1.165, 1.54) is 0 Å². The third-order valence-corrected chi connectivity index (χ3v) is 3.81. The molecule has 0 aliphatic heterocycles. The second-order valence-electron chi connectivity index (χ2n) is 5.14. The molecule has 4 nitrogen and oxygen atoms in total. The van der Waals surface area contributed by atoms with Crippen molar-refractivity contribution < 1.29 is 5.11 Å². The molecule has 1 aromatic heterocycles. The van der Waals surface area contributed by atoms with Gasteiger partial charge in [-0.25, -0.2) is 9.97 Å². The minimum absolute atomic E-state index is 0.269. The van der Waals surface area contributed by atoms with Crippen molar-refractivity contribution in [2.75, 3.05) is 5.32 Å². The zero-order valence-electron chi connectivity index (χ0n) is 11.2. The van der Waals surface area contributed by atoms with Gasteiger partial charge in [-0.2, -0.15) is 0 Å². The fourth-order valence-corrected chi connectivity index (χ4v) is 2.18. The number of hydrogen-bond acceptors (Lipinski definition) is 4. The van der Waals surface area contributed by atoms with Gasteiger partial charge in [0.15, 0.2) is 0 Å². The number of aromatic hydroxyl groups is 1. The monoisotopic (exact) mass is 289 g/mol. The number of aromatic nitrogens is 2. The Bertz CT molecular complexity index is 624. The molecule has 0 radical (unpaired) electrons. The van der Waals surface area contributed by atoms with Gasteiger partial charge in [-0.3, -0.25) is 0 Å². The molecule has 5 heteroatoms. The molecule has 1 aliphatic carbocycles. The molecule has 0 spiro atoms. The second-order valence-corrected chi connectivity index (χ2v) is 5.50. The number of phenolic OH excluding ortho intramolecular Hbond substituents is 1. The van der Waals surface area contributed by atoms with Crippen LogP contribution in [0.2, 0.25) is 5.15 Å². The van der Waals surface area contributed by atoms with Crippen LogP contribution in [0.5, 0.6) is 5.75 Å². The number of halogens is 1. The lowest BCUT2D eigenvalue weighted by Crippen LogP contribution is -2.07. The van der Waals surface area contributed by atoms with Crippen LogP contribution in [0.15, 0.2) is 24.3 Å². The number of hydrogen-bond donors (Lipinski definition) is 2. The van der Waals surface area contributed by atoms with E-state index in [1.807, 2.05) is 19.1 Å². The molecule has 0 bridgehead atoms. The van der Waals surface area contributed by atoms with Crippen LogP contribution in [-0.4, -0.2) is 15.1 Å². The van der Waals surface area contributed by atoms with E-state index in [9.17, 15) is 5.11 Å². The van der Waals surface area contributed by atoms with E-state index in [2.05, 4.69) is 15.3 Å². The molecule has 2 N–H and O–H groups in total. The summed E-state index contributed by atoms with van der Waals surface area (Å²) in [6, 6.07) is 7.10. The zero-order chi connectivity index (χ0) is 14.1. The maximum Gasteiger partial charge on any atom is 0.137 e. The van der Waals surface area contributed by atoms with Gasteiger partial charge in [-0.1, -0.05) is 23.7 Å². The minimum Gasteiger partial charge on any atom is -0.508 e. The molecule has 1 fully saturated rings. The first-order chi connectivity index (χ1) is 9.63. The predicted molar refractivity (Wildman–Crippen MR) is 79.2 cm³/mol. The van der Waals surface area contributed by atoms with Crippen molar-refractivity contribution in [3.05, 3.63) is 46.4 Å². The van der Waals surface area contributed by atoms with Gasteiger partial charge in [0.05, 0.1) is 0 Å². The van der Waals surface area contributed by atoms with Gasteiger partial charge in [0, 0.05) is 18.0 Å². The summed E-state index contributed by atoms with van der Waals surface area (Å²) in [5, 5.41) is 13.1. The fourth-order valence-electron chi connectivity index (χ4n) is 2.00. The van der Waals surface area contributed by atoms with E-state index in [4.69, 9.17) is 11.6 Å². The van der Waals surface area contributed by atoms with Crippen LogP contribution in [-0.2, 0) is 6.54 Å². The van der Waals surface area contributed by atoms with Crippen LogP contribution in [0.3, 0.4) is 0 Å². The Kier molecular flexibility index (Phi) is 3.49. The Labute approximate surface area is 122 Å². The summed E-state index contributed by atoms with van der Waals surface area (Å²) in [5.74, 6) is 2.38. The average Bonchev–Trinajstić information content (AvgIpc) is 3.26. The summed E-state index contributed by atoms with van der Waals surface area (Å²) in [7, 11) is 0. The predicted octanol–water partition coefficient (Wildman–Crippen LogP) is 3.63. The van der Waals surface area contributed by atoms with E-state index >= 15 is 0 Å². The SMILES string of the molecule is Cc1c(Cl)nc(C2CC2)nc1NCc1ccc(O)cc1. The Hall–Kier alpha value is -1.81. The van der Waals surface area contributed by atoms with Crippen LogP contribution < -0.4 is 5.32 Å². The highest BCUT2D eigenvalue weighted by Crippen LogP contribution is 2.39. The van der Waals surface area contributed by atoms with Crippen molar-refractivity contribution in [2.24, 2.45) is 0 Å². The number of phenols is 1. The molecule has 20 heavy (non-hydrogen) atoms. The van der Waals surface area contributed by atoms with Gasteiger partial charge in [0.25, 0.3) is 0 Å².